The molecule has 4 rings (SSSR count). The maximum absolute atomic E-state index is 9.12. The number of rotatable bonds is 8. The summed E-state index contributed by atoms with van der Waals surface area (Å²) >= 11 is 0. The van der Waals surface area contributed by atoms with E-state index in [1.54, 1.807) is 6.20 Å². The van der Waals surface area contributed by atoms with Crippen LogP contribution in [0.4, 0.5) is 11.8 Å². The van der Waals surface area contributed by atoms with Crippen LogP contribution in [0.2, 0.25) is 0 Å². The molecule has 0 amide bonds. The zero-order valence-electron chi connectivity index (χ0n) is 14.8. The molecule has 1 saturated carbocycles. The Balaban J connectivity index is 1.64. The van der Waals surface area contributed by atoms with Crippen LogP contribution in [0.3, 0.4) is 0 Å². The summed E-state index contributed by atoms with van der Waals surface area (Å²) in [5, 5.41) is 12.2. The number of ether oxygens (including phenoxy) is 1. The van der Waals surface area contributed by atoms with E-state index >= 15 is 0 Å². The smallest absolute Gasteiger partial charge is 0.224 e. The first-order chi connectivity index (χ1) is 12.8. The number of pyridine rings is 1. The average Bonchev–Trinajstić information content (AvgIpc) is 3.37. The van der Waals surface area contributed by atoms with Gasteiger partial charge in [-0.3, -0.25) is 4.98 Å². The predicted octanol–water partition coefficient (Wildman–Crippen LogP) is 1.95. The number of anilines is 2. The third-order valence-corrected chi connectivity index (χ3v) is 4.83. The van der Waals surface area contributed by atoms with Crippen molar-refractivity contribution >= 4 is 11.8 Å². The van der Waals surface area contributed by atoms with Crippen molar-refractivity contribution in [1.82, 2.24) is 15.0 Å². The first-order valence-electron chi connectivity index (χ1n) is 9.30. The second kappa shape index (κ2) is 7.97. The van der Waals surface area contributed by atoms with Crippen LogP contribution in [-0.4, -0.2) is 52.5 Å². The Morgan fingerprint density at radius 1 is 1.27 bits per heavy atom. The van der Waals surface area contributed by atoms with Crippen LogP contribution in [0.25, 0.3) is 0 Å². The van der Waals surface area contributed by atoms with E-state index in [0.717, 1.165) is 31.1 Å². The highest BCUT2D eigenvalue weighted by Crippen LogP contribution is 2.34. The molecule has 7 nitrogen and oxygen atoms in total. The number of aliphatic hydroxyl groups excluding tert-OH is 1. The standard InChI is InChI=1S/C19H25N5O2/c25-8-7-21-19-22-17(15-5-9-26-13-15)10-18(23-19)24(16-3-4-16)12-14-2-1-6-20-11-14/h1-2,6,10-11,15-16,25H,3-5,7-9,12-13H2,(H,21,22,23). The number of aliphatic hydroxyl groups is 1. The van der Waals surface area contributed by atoms with Crippen LogP contribution in [0.15, 0.2) is 30.6 Å². The minimum absolute atomic E-state index is 0.0531. The fraction of sp³-hybridized carbons (Fsp3) is 0.526. The van der Waals surface area contributed by atoms with Gasteiger partial charge in [0.25, 0.3) is 0 Å². The van der Waals surface area contributed by atoms with Crippen molar-refractivity contribution in [3.05, 3.63) is 41.9 Å². The molecular formula is C19H25N5O2. The molecule has 7 heteroatoms. The van der Waals surface area contributed by atoms with Gasteiger partial charge in [-0.05, 0) is 30.9 Å². The molecule has 2 aliphatic rings. The van der Waals surface area contributed by atoms with E-state index in [1.807, 2.05) is 12.3 Å². The molecule has 3 heterocycles. The van der Waals surface area contributed by atoms with Crippen molar-refractivity contribution in [3.63, 3.8) is 0 Å². The molecule has 1 aliphatic heterocycles. The molecule has 1 atom stereocenters. The SMILES string of the molecule is OCCNc1nc(C2CCOC2)cc(N(Cc2cccnc2)C2CC2)n1. The number of hydrogen-bond acceptors (Lipinski definition) is 7. The van der Waals surface area contributed by atoms with Gasteiger partial charge in [0.15, 0.2) is 0 Å². The second-order valence-corrected chi connectivity index (χ2v) is 6.91. The van der Waals surface area contributed by atoms with E-state index in [0.29, 0.717) is 31.1 Å². The Morgan fingerprint density at radius 3 is 2.88 bits per heavy atom. The van der Waals surface area contributed by atoms with Crippen molar-refractivity contribution in [2.24, 2.45) is 0 Å². The van der Waals surface area contributed by atoms with Crippen LogP contribution in [0.5, 0.6) is 0 Å². The van der Waals surface area contributed by atoms with Crippen molar-refractivity contribution in [2.75, 3.05) is 36.6 Å². The third kappa shape index (κ3) is 4.11. The van der Waals surface area contributed by atoms with Crippen molar-refractivity contribution in [3.8, 4) is 0 Å². The Hall–Kier alpha value is -2.25. The van der Waals surface area contributed by atoms with Gasteiger partial charge in [0, 0.05) is 50.1 Å². The van der Waals surface area contributed by atoms with Crippen LogP contribution >= 0.6 is 0 Å². The highest BCUT2D eigenvalue weighted by Gasteiger charge is 2.31. The quantitative estimate of drug-likeness (QED) is 0.749. The molecule has 0 radical (unpaired) electrons. The lowest BCUT2D eigenvalue weighted by atomic mass is 10.0. The van der Waals surface area contributed by atoms with Gasteiger partial charge in [-0.25, -0.2) is 4.98 Å². The molecule has 2 aromatic rings. The number of nitrogens with one attached hydrogen (secondary N) is 1. The van der Waals surface area contributed by atoms with E-state index < -0.39 is 0 Å². The monoisotopic (exact) mass is 355 g/mol. The lowest BCUT2D eigenvalue weighted by molar-refractivity contribution is 0.193. The Bertz CT molecular complexity index is 717. The van der Waals surface area contributed by atoms with Gasteiger partial charge < -0.3 is 20.1 Å². The van der Waals surface area contributed by atoms with Gasteiger partial charge in [-0.15, -0.1) is 0 Å². The van der Waals surface area contributed by atoms with Crippen LogP contribution < -0.4 is 10.2 Å². The molecule has 1 unspecified atom stereocenters. The fourth-order valence-corrected chi connectivity index (χ4v) is 3.30. The minimum atomic E-state index is 0.0531. The molecule has 1 aliphatic carbocycles. The van der Waals surface area contributed by atoms with Gasteiger partial charge in [-0.1, -0.05) is 6.07 Å². The van der Waals surface area contributed by atoms with E-state index in [-0.39, 0.29) is 6.61 Å². The Kier molecular flexibility index (Phi) is 5.26. The van der Waals surface area contributed by atoms with E-state index in [4.69, 9.17) is 14.8 Å². The molecule has 2 aromatic heterocycles. The number of nitrogens with zero attached hydrogens (tertiary/aromatic N) is 4. The van der Waals surface area contributed by atoms with Gasteiger partial charge in [-0.2, -0.15) is 4.98 Å². The summed E-state index contributed by atoms with van der Waals surface area (Å²) in [6.45, 7) is 2.77. The zero-order valence-corrected chi connectivity index (χ0v) is 14.8. The molecule has 26 heavy (non-hydrogen) atoms. The molecule has 1 saturated heterocycles. The molecule has 0 spiro atoms. The van der Waals surface area contributed by atoms with Crippen LogP contribution in [0, 0.1) is 0 Å². The summed E-state index contributed by atoms with van der Waals surface area (Å²) in [4.78, 5) is 16.0. The number of hydrogen-bond donors (Lipinski definition) is 2. The third-order valence-electron chi connectivity index (χ3n) is 4.83. The maximum Gasteiger partial charge on any atom is 0.224 e. The second-order valence-electron chi connectivity index (χ2n) is 6.91. The zero-order chi connectivity index (χ0) is 17.8. The lowest BCUT2D eigenvalue weighted by Gasteiger charge is -2.25. The summed E-state index contributed by atoms with van der Waals surface area (Å²) in [7, 11) is 0. The highest BCUT2D eigenvalue weighted by atomic mass is 16.5. The van der Waals surface area contributed by atoms with Crippen molar-refractivity contribution in [2.45, 2.75) is 37.8 Å². The molecule has 138 valence electrons. The first-order valence-corrected chi connectivity index (χ1v) is 9.30. The summed E-state index contributed by atoms with van der Waals surface area (Å²) in [5.74, 6) is 1.83. The molecule has 0 bridgehead atoms. The molecule has 2 N–H and O–H groups in total. The predicted molar refractivity (Wildman–Crippen MR) is 99.2 cm³/mol. The molecule has 2 fully saturated rings. The largest absolute Gasteiger partial charge is 0.395 e. The molecule has 0 aromatic carbocycles. The molecular weight excluding hydrogens is 330 g/mol. The van der Waals surface area contributed by atoms with Crippen molar-refractivity contribution in [1.29, 1.82) is 0 Å². The number of aromatic nitrogens is 3. The van der Waals surface area contributed by atoms with E-state index in [9.17, 15) is 0 Å². The normalized spacial score (nSPS) is 19.5. The summed E-state index contributed by atoms with van der Waals surface area (Å²) in [6, 6.07) is 6.69. The van der Waals surface area contributed by atoms with E-state index in [2.05, 4.69) is 32.3 Å². The topological polar surface area (TPSA) is 83.4 Å². The van der Waals surface area contributed by atoms with Gasteiger partial charge >= 0.3 is 0 Å². The van der Waals surface area contributed by atoms with Gasteiger partial charge in [0.2, 0.25) is 5.95 Å². The Labute approximate surface area is 153 Å². The average molecular weight is 355 g/mol. The summed E-state index contributed by atoms with van der Waals surface area (Å²) in [5.41, 5.74) is 2.19. The minimum Gasteiger partial charge on any atom is -0.395 e. The summed E-state index contributed by atoms with van der Waals surface area (Å²) < 4.78 is 5.55. The van der Waals surface area contributed by atoms with Gasteiger partial charge in [0.1, 0.15) is 5.82 Å². The highest BCUT2D eigenvalue weighted by molar-refractivity contribution is 5.48. The van der Waals surface area contributed by atoms with E-state index in [1.165, 1.54) is 18.4 Å². The van der Waals surface area contributed by atoms with Crippen molar-refractivity contribution < 1.29 is 9.84 Å². The fourth-order valence-electron chi connectivity index (χ4n) is 3.30. The lowest BCUT2D eigenvalue weighted by Crippen LogP contribution is -2.27. The first kappa shape index (κ1) is 17.2. The van der Waals surface area contributed by atoms with Crippen LogP contribution in [-0.2, 0) is 11.3 Å². The van der Waals surface area contributed by atoms with Crippen LogP contribution in [0.1, 0.15) is 36.4 Å². The summed E-state index contributed by atoms with van der Waals surface area (Å²) in [6.07, 6.45) is 7.07. The maximum atomic E-state index is 9.12. The Morgan fingerprint density at radius 2 is 2.19 bits per heavy atom. The van der Waals surface area contributed by atoms with Gasteiger partial charge in [0.05, 0.1) is 18.9 Å².